The Bertz CT molecular complexity index is 391. The summed E-state index contributed by atoms with van der Waals surface area (Å²) in [7, 11) is 0. The Morgan fingerprint density at radius 3 is 3.00 bits per heavy atom. The predicted molar refractivity (Wildman–Crippen MR) is 63.6 cm³/mol. The Balaban J connectivity index is 2.01. The molecule has 1 saturated heterocycles. The summed E-state index contributed by atoms with van der Waals surface area (Å²) in [5.74, 6) is -0.0310. The van der Waals surface area contributed by atoms with Crippen molar-refractivity contribution in [3.05, 3.63) is 22.4 Å². The number of aliphatic carboxylic acids is 1. The average Bonchev–Trinajstić information content (AvgIpc) is 2.86. The van der Waals surface area contributed by atoms with Crippen LogP contribution in [0.1, 0.15) is 4.88 Å². The summed E-state index contributed by atoms with van der Waals surface area (Å²) in [6.45, 7) is 0. The molecule has 1 aromatic heterocycles. The van der Waals surface area contributed by atoms with Crippen molar-refractivity contribution in [2.75, 3.05) is 11.6 Å². The summed E-state index contributed by atoms with van der Waals surface area (Å²) < 4.78 is 0. The van der Waals surface area contributed by atoms with E-state index in [0.29, 0.717) is 18.1 Å². The van der Waals surface area contributed by atoms with Gasteiger partial charge >= 0.3 is 5.97 Å². The average molecular weight is 257 g/mol. The van der Waals surface area contributed by atoms with Gasteiger partial charge in [0.15, 0.2) is 0 Å². The maximum Gasteiger partial charge on any atom is 0.327 e. The molecule has 1 aliphatic heterocycles. The zero-order chi connectivity index (χ0) is 11.5. The normalized spacial score (nSPS) is 20.0. The van der Waals surface area contributed by atoms with E-state index in [1.54, 1.807) is 0 Å². The van der Waals surface area contributed by atoms with Crippen LogP contribution in [0.2, 0.25) is 0 Å². The van der Waals surface area contributed by atoms with Crippen molar-refractivity contribution < 1.29 is 14.7 Å². The van der Waals surface area contributed by atoms with Crippen LogP contribution in [-0.4, -0.2) is 39.6 Å². The van der Waals surface area contributed by atoms with E-state index < -0.39 is 12.0 Å². The second-order valence-electron chi connectivity index (χ2n) is 3.47. The number of carboxylic acids is 1. The first-order valence-electron chi connectivity index (χ1n) is 4.81. The predicted octanol–water partition coefficient (Wildman–Crippen LogP) is 1.28. The minimum Gasteiger partial charge on any atom is -0.480 e. The van der Waals surface area contributed by atoms with Crippen molar-refractivity contribution in [2.45, 2.75) is 12.5 Å². The van der Waals surface area contributed by atoms with Crippen molar-refractivity contribution in [3.8, 4) is 0 Å². The van der Waals surface area contributed by atoms with Crippen LogP contribution in [0.3, 0.4) is 0 Å². The minimum atomic E-state index is -0.912. The van der Waals surface area contributed by atoms with Gasteiger partial charge in [-0.15, -0.1) is 23.1 Å². The molecule has 86 valence electrons. The highest BCUT2D eigenvalue weighted by molar-refractivity contribution is 7.99. The molecule has 0 spiro atoms. The van der Waals surface area contributed by atoms with E-state index in [0.717, 1.165) is 4.88 Å². The van der Waals surface area contributed by atoms with Gasteiger partial charge < -0.3 is 10.0 Å². The quantitative estimate of drug-likeness (QED) is 0.886. The smallest absolute Gasteiger partial charge is 0.327 e. The number of hydrogen-bond donors (Lipinski definition) is 1. The van der Waals surface area contributed by atoms with Gasteiger partial charge in [0.2, 0.25) is 5.91 Å². The Morgan fingerprint density at radius 2 is 2.38 bits per heavy atom. The van der Waals surface area contributed by atoms with Gasteiger partial charge in [-0.1, -0.05) is 6.07 Å². The van der Waals surface area contributed by atoms with E-state index in [1.807, 2.05) is 17.5 Å². The van der Waals surface area contributed by atoms with Crippen molar-refractivity contribution in [3.63, 3.8) is 0 Å². The highest BCUT2D eigenvalue weighted by Crippen LogP contribution is 2.22. The largest absolute Gasteiger partial charge is 0.480 e. The first-order chi connectivity index (χ1) is 7.68. The third kappa shape index (κ3) is 2.38. The van der Waals surface area contributed by atoms with Gasteiger partial charge in [0.1, 0.15) is 6.04 Å². The highest BCUT2D eigenvalue weighted by atomic mass is 32.2. The number of amides is 1. The molecule has 0 aromatic carbocycles. The van der Waals surface area contributed by atoms with Crippen LogP contribution >= 0.6 is 23.1 Å². The van der Waals surface area contributed by atoms with Crippen LogP contribution in [0.4, 0.5) is 0 Å². The maximum atomic E-state index is 11.9. The van der Waals surface area contributed by atoms with Gasteiger partial charge in [-0.3, -0.25) is 4.79 Å². The molecule has 2 heterocycles. The second-order valence-corrected chi connectivity index (χ2v) is 5.51. The zero-order valence-electron chi connectivity index (χ0n) is 8.46. The molecule has 1 aliphatic rings. The molecular weight excluding hydrogens is 246 g/mol. The summed E-state index contributed by atoms with van der Waals surface area (Å²) in [5, 5.41) is 10.9. The van der Waals surface area contributed by atoms with Crippen molar-refractivity contribution in [1.29, 1.82) is 0 Å². The monoisotopic (exact) mass is 257 g/mol. The number of carboxylic acid groups (broad SMARTS) is 1. The Morgan fingerprint density at radius 1 is 1.56 bits per heavy atom. The fourth-order valence-corrected chi connectivity index (χ4v) is 3.42. The number of thioether (sulfide) groups is 1. The molecule has 4 nitrogen and oxygen atoms in total. The van der Waals surface area contributed by atoms with Crippen LogP contribution in [0.5, 0.6) is 0 Å². The Labute approximate surface area is 101 Å². The SMILES string of the molecule is O=C(O)C1CSCN1C(=O)Cc1cccs1. The van der Waals surface area contributed by atoms with E-state index in [2.05, 4.69) is 0 Å². The summed E-state index contributed by atoms with van der Waals surface area (Å²) in [6, 6.07) is 3.12. The fourth-order valence-electron chi connectivity index (χ4n) is 1.56. The van der Waals surface area contributed by atoms with E-state index in [9.17, 15) is 9.59 Å². The standard InChI is InChI=1S/C10H11NO3S2/c12-9(4-7-2-1-3-16-7)11-6-15-5-8(11)10(13)14/h1-3,8H,4-6H2,(H,13,14). The van der Waals surface area contributed by atoms with Gasteiger partial charge in [0, 0.05) is 10.6 Å². The minimum absolute atomic E-state index is 0.0974. The third-order valence-corrected chi connectivity index (χ3v) is 4.28. The Kier molecular flexibility index (Phi) is 3.50. The number of thiophene rings is 1. The molecule has 1 aromatic rings. The number of carbonyl (C=O) groups excluding carboxylic acids is 1. The molecule has 6 heteroatoms. The number of rotatable bonds is 3. The molecule has 1 fully saturated rings. The van der Waals surface area contributed by atoms with Gasteiger partial charge in [-0.25, -0.2) is 4.79 Å². The van der Waals surface area contributed by atoms with Crippen LogP contribution in [-0.2, 0) is 16.0 Å². The lowest BCUT2D eigenvalue weighted by atomic mass is 10.2. The van der Waals surface area contributed by atoms with Crippen LogP contribution in [0, 0.1) is 0 Å². The lowest BCUT2D eigenvalue weighted by Gasteiger charge is -2.19. The third-order valence-electron chi connectivity index (χ3n) is 2.39. The van der Waals surface area contributed by atoms with Gasteiger partial charge in [0.05, 0.1) is 12.3 Å². The van der Waals surface area contributed by atoms with Crippen molar-refractivity contribution in [2.24, 2.45) is 0 Å². The van der Waals surface area contributed by atoms with E-state index in [4.69, 9.17) is 5.11 Å². The number of carbonyl (C=O) groups is 2. The van der Waals surface area contributed by atoms with Crippen LogP contribution in [0.25, 0.3) is 0 Å². The second kappa shape index (κ2) is 4.88. The van der Waals surface area contributed by atoms with E-state index in [-0.39, 0.29) is 5.91 Å². The summed E-state index contributed by atoms with van der Waals surface area (Å²) >= 11 is 3.01. The highest BCUT2D eigenvalue weighted by Gasteiger charge is 2.34. The topological polar surface area (TPSA) is 57.6 Å². The van der Waals surface area contributed by atoms with E-state index >= 15 is 0 Å². The first kappa shape index (κ1) is 11.5. The maximum absolute atomic E-state index is 11.9. The summed E-state index contributed by atoms with van der Waals surface area (Å²) in [4.78, 5) is 25.2. The molecule has 1 atom stereocenters. The fraction of sp³-hybridized carbons (Fsp3) is 0.400. The van der Waals surface area contributed by atoms with Gasteiger partial charge in [-0.05, 0) is 11.4 Å². The first-order valence-corrected chi connectivity index (χ1v) is 6.84. The van der Waals surface area contributed by atoms with Gasteiger partial charge in [-0.2, -0.15) is 0 Å². The van der Waals surface area contributed by atoms with Crippen molar-refractivity contribution >= 4 is 35.0 Å². The number of hydrogen-bond acceptors (Lipinski definition) is 4. The van der Waals surface area contributed by atoms with Crippen LogP contribution < -0.4 is 0 Å². The number of nitrogens with zero attached hydrogens (tertiary/aromatic N) is 1. The summed E-state index contributed by atoms with van der Waals surface area (Å²) in [6.07, 6.45) is 0.308. The molecule has 0 bridgehead atoms. The molecule has 0 saturated carbocycles. The molecular formula is C10H11NO3S2. The summed E-state index contributed by atoms with van der Waals surface area (Å²) in [5.41, 5.74) is 0. The van der Waals surface area contributed by atoms with E-state index in [1.165, 1.54) is 28.0 Å². The Hall–Kier alpha value is -1.01. The molecule has 1 N–H and O–H groups in total. The molecule has 16 heavy (non-hydrogen) atoms. The lowest BCUT2D eigenvalue weighted by molar-refractivity contribution is -0.147. The lowest BCUT2D eigenvalue weighted by Crippen LogP contribution is -2.42. The molecule has 2 rings (SSSR count). The van der Waals surface area contributed by atoms with Crippen molar-refractivity contribution in [1.82, 2.24) is 4.90 Å². The molecule has 1 unspecified atom stereocenters. The molecule has 1 amide bonds. The van der Waals surface area contributed by atoms with Crippen LogP contribution in [0.15, 0.2) is 17.5 Å². The zero-order valence-corrected chi connectivity index (χ0v) is 10.1. The van der Waals surface area contributed by atoms with Gasteiger partial charge in [0.25, 0.3) is 0 Å². The molecule has 0 radical (unpaired) electrons. The molecule has 0 aliphatic carbocycles.